The molecule has 0 fully saturated rings. The van der Waals surface area contributed by atoms with E-state index >= 15 is 0 Å². The highest BCUT2D eigenvalue weighted by atomic mass is 19.4. The second-order valence-corrected chi connectivity index (χ2v) is 3.81. The maximum absolute atomic E-state index is 11.8. The van der Waals surface area contributed by atoms with Crippen LogP contribution in [-0.2, 0) is 11.3 Å². The van der Waals surface area contributed by atoms with Gasteiger partial charge in [0.15, 0.2) is 0 Å². The summed E-state index contributed by atoms with van der Waals surface area (Å²) in [6.45, 7) is -1.44. The third-order valence-corrected chi connectivity index (χ3v) is 2.16. The van der Waals surface area contributed by atoms with Gasteiger partial charge in [-0.2, -0.15) is 18.4 Å². The number of nitriles is 1. The van der Waals surface area contributed by atoms with Crippen LogP contribution in [0, 0.1) is 11.3 Å². The van der Waals surface area contributed by atoms with Crippen LogP contribution in [0.2, 0.25) is 0 Å². The monoisotopic (exact) mass is 271 g/mol. The molecule has 4 nitrogen and oxygen atoms in total. The third kappa shape index (κ3) is 6.43. The zero-order valence-electron chi connectivity index (χ0n) is 9.92. The number of carbonyl (C=O) groups excluding carboxylic acids is 1. The molecule has 0 heterocycles. The van der Waals surface area contributed by atoms with Crippen molar-refractivity contribution in [1.29, 1.82) is 5.26 Å². The van der Waals surface area contributed by atoms with Crippen molar-refractivity contribution < 1.29 is 18.0 Å². The molecule has 0 aliphatic carbocycles. The minimum Gasteiger partial charge on any atom is -0.351 e. The molecule has 19 heavy (non-hydrogen) atoms. The Labute approximate surface area is 108 Å². The normalized spacial score (nSPS) is 10.8. The standard InChI is InChI=1S/C12H12F3N3O/c13-12(14,15)8-17-7-11(19)18-6-10-3-1-2-9(4-10)5-16/h1-4,17H,6-8H2,(H,18,19). The first-order chi connectivity index (χ1) is 8.90. The van der Waals surface area contributed by atoms with Gasteiger partial charge in [0.25, 0.3) is 0 Å². The zero-order valence-corrected chi connectivity index (χ0v) is 9.92. The fourth-order valence-corrected chi connectivity index (χ4v) is 1.33. The maximum Gasteiger partial charge on any atom is 0.401 e. The first-order valence-corrected chi connectivity index (χ1v) is 5.44. The number of nitrogens with zero attached hydrogens (tertiary/aromatic N) is 1. The predicted octanol–water partition coefficient (Wildman–Crippen LogP) is 1.33. The molecule has 0 aromatic heterocycles. The van der Waals surface area contributed by atoms with Crippen molar-refractivity contribution in [2.24, 2.45) is 0 Å². The highest BCUT2D eigenvalue weighted by Crippen LogP contribution is 2.11. The number of hydrogen-bond donors (Lipinski definition) is 2. The molecule has 1 amide bonds. The molecule has 2 N–H and O–H groups in total. The fourth-order valence-electron chi connectivity index (χ4n) is 1.33. The number of carbonyl (C=O) groups is 1. The van der Waals surface area contributed by atoms with Gasteiger partial charge in [0, 0.05) is 6.54 Å². The number of benzene rings is 1. The van der Waals surface area contributed by atoms with Crippen molar-refractivity contribution in [3.63, 3.8) is 0 Å². The van der Waals surface area contributed by atoms with E-state index in [4.69, 9.17) is 5.26 Å². The summed E-state index contributed by atoms with van der Waals surface area (Å²) in [7, 11) is 0. The van der Waals surface area contributed by atoms with E-state index in [-0.39, 0.29) is 6.54 Å². The summed E-state index contributed by atoms with van der Waals surface area (Å²) >= 11 is 0. The lowest BCUT2D eigenvalue weighted by atomic mass is 10.1. The number of nitrogens with one attached hydrogen (secondary N) is 2. The SMILES string of the molecule is N#Cc1cccc(CNC(=O)CNCC(F)(F)F)c1. The van der Waals surface area contributed by atoms with Gasteiger partial charge in [0.2, 0.25) is 5.91 Å². The van der Waals surface area contributed by atoms with Crippen LogP contribution in [0.25, 0.3) is 0 Å². The zero-order chi connectivity index (χ0) is 14.3. The number of halogens is 3. The van der Waals surface area contributed by atoms with E-state index in [0.717, 1.165) is 0 Å². The van der Waals surface area contributed by atoms with Crippen LogP contribution in [0.1, 0.15) is 11.1 Å². The molecule has 7 heteroatoms. The Morgan fingerprint density at radius 2 is 2.11 bits per heavy atom. The lowest BCUT2D eigenvalue weighted by molar-refractivity contribution is -0.128. The van der Waals surface area contributed by atoms with Crippen molar-refractivity contribution in [3.8, 4) is 6.07 Å². The third-order valence-electron chi connectivity index (χ3n) is 2.16. The Hall–Kier alpha value is -2.07. The molecule has 0 radical (unpaired) electrons. The van der Waals surface area contributed by atoms with Gasteiger partial charge in [-0.1, -0.05) is 12.1 Å². The van der Waals surface area contributed by atoms with Gasteiger partial charge in [-0.05, 0) is 17.7 Å². The van der Waals surface area contributed by atoms with Crippen LogP contribution >= 0.6 is 0 Å². The molecule has 1 aromatic rings. The quantitative estimate of drug-likeness (QED) is 0.849. The van der Waals surface area contributed by atoms with E-state index in [1.807, 2.05) is 11.4 Å². The van der Waals surface area contributed by atoms with Crippen LogP contribution in [0.3, 0.4) is 0 Å². The largest absolute Gasteiger partial charge is 0.401 e. The summed E-state index contributed by atoms with van der Waals surface area (Å²) in [6, 6.07) is 8.56. The van der Waals surface area contributed by atoms with E-state index in [2.05, 4.69) is 5.32 Å². The van der Waals surface area contributed by atoms with E-state index in [1.54, 1.807) is 24.3 Å². The molecule has 1 rings (SSSR count). The first-order valence-electron chi connectivity index (χ1n) is 5.44. The van der Waals surface area contributed by atoms with Gasteiger partial charge >= 0.3 is 6.18 Å². The van der Waals surface area contributed by atoms with Crippen molar-refractivity contribution in [2.75, 3.05) is 13.1 Å². The van der Waals surface area contributed by atoms with Gasteiger partial charge in [-0.15, -0.1) is 0 Å². The van der Waals surface area contributed by atoms with Crippen LogP contribution in [0.5, 0.6) is 0 Å². The van der Waals surface area contributed by atoms with E-state index in [1.165, 1.54) is 0 Å². The molecule has 0 unspecified atom stereocenters. The Morgan fingerprint density at radius 1 is 1.37 bits per heavy atom. The molecule has 0 saturated carbocycles. The van der Waals surface area contributed by atoms with E-state index in [0.29, 0.717) is 11.1 Å². The lowest BCUT2D eigenvalue weighted by Crippen LogP contribution is -2.38. The smallest absolute Gasteiger partial charge is 0.351 e. The molecule has 102 valence electrons. The van der Waals surface area contributed by atoms with Crippen molar-refractivity contribution >= 4 is 5.91 Å². The predicted molar refractivity (Wildman–Crippen MR) is 61.9 cm³/mol. The minimum absolute atomic E-state index is 0.169. The minimum atomic E-state index is -4.33. The topological polar surface area (TPSA) is 64.9 Å². The second-order valence-electron chi connectivity index (χ2n) is 3.81. The molecule has 0 aliphatic rings. The number of alkyl halides is 3. The van der Waals surface area contributed by atoms with Gasteiger partial charge in [0.1, 0.15) is 0 Å². The van der Waals surface area contributed by atoms with Gasteiger partial charge in [-0.25, -0.2) is 0 Å². The fraction of sp³-hybridized carbons (Fsp3) is 0.333. The number of hydrogen-bond acceptors (Lipinski definition) is 3. The maximum atomic E-state index is 11.8. The Balaban J connectivity index is 2.32. The average molecular weight is 271 g/mol. The van der Waals surface area contributed by atoms with Crippen LogP contribution in [0.4, 0.5) is 13.2 Å². The van der Waals surface area contributed by atoms with Crippen molar-refractivity contribution in [1.82, 2.24) is 10.6 Å². The van der Waals surface area contributed by atoms with Crippen molar-refractivity contribution in [2.45, 2.75) is 12.7 Å². The first kappa shape index (κ1) is 15.0. The summed E-state index contributed by atoms with van der Waals surface area (Å²) in [4.78, 5) is 11.3. The number of rotatable bonds is 5. The summed E-state index contributed by atoms with van der Waals surface area (Å²) in [5.74, 6) is -0.536. The van der Waals surface area contributed by atoms with Gasteiger partial charge in [-0.3, -0.25) is 4.79 Å². The van der Waals surface area contributed by atoms with Gasteiger partial charge in [0.05, 0.1) is 24.7 Å². The van der Waals surface area contributed by atoms with E-state index in [9.17, 15) is 18.0 Å². The lowest BCUT2D eigenvalue weighted by Gasteiger charge is -2.09. The summed E-state index contributed by atoms with van der Waals surface area (Å²) in [6.07, 6.45) is -4.33. The molecule has 0 spiro atoms. The van der Waals surface area contributed by atoms with Crippen LogP contribution in [-0.4, -0.2) is 25.2 Å². The van der Waals surface area contributed by atoms with E-state index < -0.39 is 25.2 Å². The summed E-state index contributed by atoms with van der Waals surface area (Å²) < 4.78 is 35.4. The molecule has 1 aromatic carbocycles. The molecular weight excluding hydrogens is 259 g/mol. The molecule has 0 bridgehead atoms. The Bertz CT molecular complexity index is 480. The van der Waals surface area contributed by atoms with Gasteiger partial charge < -0.3 is 10.6 Å². The average Bonchev–Trinajstić information content (AvgIpc) is 2.35. The summed E-state index contributed by atoms with van der Waals surface area (Å²) in [5.41, 5.74) is 1.17. The second kappa shape index (κ2) is 6.75. The summed E-state index contributed by atoms with van der Waals surface area (Å²) in [5, 5.41) is 13.1. The molecule has 0 aliphatic heterocycles. The highest BCUT2D eigenvalue weighted by molar-refractivity contribution is 5.77. The van der Waals surface area contributed by atoms with Crippen LogP contribution in [0.15, 0.2) is 24.3 Å². The molecular formula is C12H12F3N3O. The Kier molecular flexibility index (Phi) is 5.33. The highest BCUT2D eigenvalue weighted by Gasteiger charge is 2.26. The van der Waals surface area contributed by atoms with Crippen molar-refractivity contribution in [3.05, 3.63) is 35.4 Å². The molecule has 0 atom stereocenters. The number of amides is 1. The Morgan fingerprint density at radius 3 is 2.74 bits per heavy atom. The molecule has 0 saturated heterocycles. The van der Waals surface area contributed by atoms with Crippen LogP contribution < -0.4 is 10.6 Å².